The monoisotopic (exact) mass is 209 g/mol. The maximum Gasteiger partial charge on any atom is 0.293 e. The van der Waals surface area contributed by atoms with Crippen molar-refractivity contribution in [2.45, 2.75) is 19.4 Å². The van der Waals surface area contributed by atoms with Crippen LogP contribution in [0.25, 0.3) is 0 Å². The predicted molar refractivity (Wildman–Crippen MR) is 53.3 cm³/mol. The number of para-hydroxylation sites is 1. The Morgan fingerprint density at radius 3 is 2.73 bits per heavy atom. The molecule has 0 bridgehead atoms. The lowest BCUT2D eigenvalue weighted by Gasteiger charge is -2.12. The minimum Gasteiger partial charge on any atom is -0.459 e. The largest absolute Gasteiger partial charge is 0.459 e. The summed E-state index contributed by atoms with van der Waals surface area (Å²) in [5.41, 5.74) is 0.406. The molecule has 1 atom stereocenters. The van der Waals surface area contributed by atoms with Gasteiger partial charge in [0.2, 0.25) is 0 Å². The zero-order valence-electron chi connectivity index (χ0n) is 8.25. The minimum absolute atomic E-state index is 0.0220. The highest BCUT2D eigenvalue weighted by Gasteiger charge is 2.20. The second kappa shape index (κ2) is 5.09. The molecule has 5 heteroatoms. The summed E-state index contributed by atoms with van der Waals surface area (Å²) < 4.78 is 4.78. The Balaban J connectivity index is 3.09. The van der Waals surface area contributed by atoms with Crippen molar-refractivity contribution in [1.82, 2.24) is 0 Å². The molecule has 0 aromatic heterocycles. The zero-order valence-corrected chi connectivity index (χ0v) is 8.25. The summed E-state index contributed by atoms with van der Waals surface area (Å²) in [6.45, 7) is 2.11. The van der Waals surface area contributed by atoms with Gasteiger partial charge in [0.1, 0.15) is 6.10 Å². The first-order valence-electron chi connectivity index (χ1n) is 4.53. The van der Waals surface area contributed by atoms with Gasteiger partial charge >= 0.3 is 0 Å². The molecule has 0 N–H and O–H groups in total. The molecule has 1 aromatic carbocycles. The molecule has 1 aromatic rings. The standard InChI is InChI=1S/C10H11NO4/c1-2-10(15-7-12)8-5-3-4-6-9(8)11(13)14/h3-7,10H,2H2,1H3. The highest BCUT2D eigenvalue weighted by molar-refractivity contribution is 5.44. The van der Waals surface area contributed by atoms with Crippen LogP contribution in [0, 0.1) is 10.1 Å². The lowest BCUT2D eigenvalue weighted by atomic mass is 10.1. The van der Waals surface area contributed by atoms with E-state index in [-0.39, 0.29) is 5.69 Å². The van der Waals surface area contributed by atoms with Crippen LogP contribution in [0.3, 0.4) is 0 Å². The third kappa shape index (κ3) is 2.52. The Morgan fingerprint density at radius 1 is 1.53 bits per heavy atom. The lowest BCUT2D eigenvalue weighted by molar-refractivity contribution is -0.386. The van der Waals surface area contributed by atoms with Gasteiger partial charge in [-0.1, -0.05) is 19.1 Å². The number of nitro benzene ring substituents is 1. The van der Waals surface area contributed by atoms with E-state index in [4.69, 9.17) is 4.74 Å². The maximum absolute atomic E-state index is 10.7. The first kappa shape index (κ1) is 11.2. The summed E-state index contributed by atoms with van der Waals surface area (Å²) in [7, 11) is 0. The van der Waals surface area contributed by atoms with Crippen molar-refractivity contribution >= 4 is 12.2 Å². The number of hydrogen-bond donors (Lipinski definition) is 0. The van der Waals surface area contributed by atoms with Crippen molar-refractivity contribution in [2.24, 2.45) is 0 Å². The molecule has 1 rings (SSSR count). The van der Waals surface area contributed by atoms with Gasteiger partial charge in [0.25, 0.3) is 12.2 Å². The van der Waals surface area contributed by atoms with Crippen LogP contribution < -0.4 is 0 Å². The Kier molecular flexibility index (Phi) is 3.79. The molecule has 0 aliphatic carbocycles. The Morgan fingerprint density at radius 2 is 2.20 bits per heavy atom. The summed E-state index contributed by atoms with van der Waals surface area (Å²) >= 11 is 0. The van der Waals surface area contributed by atoms with E-state index in [0.717, 1.165) is 0 Å². The second-order valence-electron chi connectivity index (χ2n) is 2.95. The number of nitrogens with zero attached hydrogens (tertiary/aromatic N) is 1. The van der Waals surface area contributed by atoms with Gasteiger partial charge in [-0.25, -0.2) is 0 Å². The van der Waals surface area contributed by atoms with Gasteiger partial charge in [-0.3, -0.25) is 14.9 Å². The van der Waals surface area contributed by atoms with Crippen LogP contribution >= 0.6 is 0 Å². The predicted octanol–water partition coefficient (Wildman–Crippen LogP) is 2.22. The van der Waals surface area contributed by atoms with Crippen molar-refractivity contribution in [1.29, 1.82) is 0 Å². The van der Waals surface area contributed by atoms with Gasteiger partial charge in [-0.2, -0.15) is 0 Å². The van der Waals surface area contributed by atoms with Crippen molar-refractivity contribution in [3.8, 4) is 0 Å². The number of carbonyl (C=O) groups excluding carboxylic acids is 1. The highest BCUT2D eigenvalue weighted by Crippen LogP contribution is 2.28. The van der Waals surface area contributed by atoms with Crippen LogP contribution in [-0.4, -0.2) is 11.4 Å². The average Bonchev–Trinajstić information content (AvgIpc) is 2.26. The van der Waals surface area contributed by atoms with E-state index < -0.39 is 11.0 Å². The van der Waals surface area contributed by atoms with Gasteiger partial charge in [0.15, 0.2) is 0 Å². The molecular formula is C10H11NO4. The summed E-state index contributed by atoms with van der Waals surface area (Å²) in [6.07, 6.45) is -0.0482. The second-order valence-corrected chi connectivity index (χ2v) is 2.95. The molecule has 0 saturated heterocycles. The van der Waals surface area contributed by atoms with Gasteiger partial charge in [-0.15, -0.1) is 0 Å². The molecule has 0 fully saturated rings. The van der Waals surface area contributed by atoms with Crippen LogP contribution in [0.4, 0.5) is 5.69 Å². The quantitative estimate of drug-likeness (QED) is 0.423. The fourth-order valence-corrected chi connectivity index (χ4v) is 1.38. The zero-order chi connectivity index (χ0) is 11.3. The third-order valence-corrected chi connectivity index (χ3v) is 2.07. The molecule has 15 heavy (non-hydrogen) atoms. The molecular weight excluding hydrogens is 198 g/mol. The van der Waals surface area contributed by atoms with E-state index in [1.54, 1.807) is 25.1 Å². The molecule has 0 saturated carbocycles. The van der Waals surface area contributed by atoms with Crippen molar-refractivity contribution < 1.29 is 14.5 Å². The van der Waals surface area contributed by atoms with Crippen LogP contribution in [0.2, 0.25) is 0 Å². The topological polar surface area (TPSA) is 69.4 Å². The van der Waals surface area contributed by atoms with Crippen LogP contribution in [0.5, 0.6) is 0 Å². The van der Waals surface area contributed by atoms with E-state index in [2.05, 4.69) is 0 Å². The normalized spacial score (nSPS) is 11.8. The minimum atomic E-state index is -0.552. The first-order chi connectivity index (χ1) is 7.20. The van der Waals surface area contributed by atoms with Crippen LogP contribution in [0.15, 0.2) is 24.3 Å². The Hall–Kier alpha value is -1.91. The van der Waals surface area contributed by atoms with E-state index >= 15 is 0 Å². The SMILES string of the molecule is CCC(OC=O)c1ccccc1[N+](=O)[O-]. The van der Waals surface area contributed by atoms with Crippen molar-refractivity contribution in [3.63, 3.8) is 0 Å². The van der Waals surface area contributed by atoms with E-state index in [9.17, 15) is 14.9 Å². The van der Waals surface area contributed by atoms with E-state index in [1.165, 1.54) is 6.07 Å². The Labute approximate surface area is 86.8 Å². The molecule has 0 aliphatic heterocycles. The molecule has 5 nitrogen and oxygen atoms in total. The van der Waals surface area contributed by atoms with Crippen LogP contribution in [-0.2, 0) is 9.53 Å². The molecule has 0 aliphatic rings. The molecule has 0 spiro atoms. The summed E-state index contributed by atoms with van der Waals surface area (Å²) in [6, 6.07) is 6.25. The number of carbonyl (C=O) groups is 1. The first-order valence-corrected chi connectivity index (χ1v) is 4.53. The fraction of sp³-hybridized carbons (Fsp3) is 0.300. The van der Waals surface area contributed by atoms with E-state index in [0.29, 0.717) is 18.5 Å². The van der Waals surface area contributed by atoms with Gasteiger partial charge in [0, 0.05) is 6.07 Å². The molecule has 0 radical (unpaired) electrons. The Bertz CT molecular complexity index is 364. The summed E-state index contributed by atoms with van der Waals surface area (Å²) in [5.74, 6) is 0. The van der Waals surface area contributed by atoms with Crippen LogP contribution in [0.1, 0.15) is 25.0 Å². The number of rotatable bonds is 5. The van der Waals surface area contributed by atoms with Gasteiger partial charge < -0.3 is 4.74 Å². The average molecular weight is 209 g/mol. The van der Waals surface area contributed by atoms with Crippen molar-refractivity contribution in [2.75, 3.05) is 0 Å². The van der Waals surface area contributed by atoms with Gasteiger partial charge in [-0.05, 0) is 12.5 Å². The highest BCUT2D eigenvalue weighted by atomic mass is 16.6. The maximum atomic E-state index is 10.7. The summed E-state index contributed by atoms with van der Waals surface area (Å²) in [4.78, 5) is 20.5. The molecule has 80 valence electrons. The molecule has 1 unspecified atom stereocenters. The third-order valence-electron chi connectivity index (χ3n) is 2.07. The summed E-state index contributed by atoms with van der Waals surface area (Å²) in [5, 5.41) is 10.7. The smallest absolute Gasteiger partial charge is 0.293 e. The number of nitro groups is 1. The molecule has 0 amide bonds. The fourth-order valence-electron chi connectivity index (χ4n) is 1.38. The van der Waals surface area contributed by atoms with E-state index in [1.807, 2.05) is 0 Å². The molecule has 0 heterocycles. The van der Waals surface area contributed by atoms with Gasteiger partial charge in [0.05, 0.1) is 10.5 Å². The van der Waals surface area contributed by atoms with Crippen molar-refractivity contribution in [3.05, 3.63) is 39.9 Å². The number of benzene rings is 1. The number of ether oxygens (including phenoxy) is 1. The lowest BCUT2D eigenvalue weighted by Crippen LogP contribution is -2.05. The number of hydrogen-bond acceptors (Lipinski definition) is 4.